The van der Waals surface area contributed by atoms with Crippen molar-refractivity contribution in [2.75, 3.05) is 54.6 Å². The van der Waals surface area contributed by atoms with Gasteiger partial charge in [0.1, 0.15) is 17.1 Å². The molecule has 3 N–H and O–H groups in total. The number of fused-ring (bicyclic) bond motifs is 1. The summed E-state index contributed by atoms with van der Waals surface area (Å²) < 4.78 is 6.01. The van der Waals surface area contributed by atoms with Crippen LogP contribution in [0.2, 0.25) is 0 Å². The third-order valence-corrected chi connectivity index (χ3v) is 5.96. The van der Waals surface area contributed by atoms with Crippen LogP contribution in [0.25, 0.3) is 11.2 Å². The zero-order chi connectivity index (χ0) is 24.2. The highest BCUT2D eigenvalue weighted by atomic mass is 35.5. The number of aromatic amines is 1. The third kappa shape index (κ3) is 5.44. The summed E-state index contributed by atoms with van der Waals surface area (Å²) in [4.78, 5) is 32.5. The van der Waals surface area contributed by atoms with Crippen molar-refractivity contribution in [3.8, 4) is 11.6 Å². The molecule has 0 radical (unpaired) electrons. The molecule has 0 unspecified atom stereocenters. The molecule has 180 valence electrons. The van der Waals surface area contributed by atoms with Gasteiger partial charge < -0.3 is 30.2 Å². The highest BCUT2D eigenvalue weighted by Gasteiger charge is 2.15. The number of piperazine rings is 1. The first-order chi connectivity index (χ1) is 17.1. The highest BCUT2D eigenvalue weighted by molar-refractivity contribution is 6.29. The topological polar surface area (TPSA) is 111 Å². The van der Waals surface area contributed by atoms with Crippen molar-refractivity contribution in [1.29, 1.82) is 0 Å². The van der Waals surface area contributed by atoms with E-state index in [2.05, 4.69) is 59.5 Å². The lowest BCUT2D eigenvalue weighted by molar-refractivity contribution is -0.113. The normalized spacial score (nSPS) is 14.2. The molecule has 1 fully saturated rings. The summed E-state index contributed by atoms with van der Waals surface area (Å²) >= 11 is 5.54. The molecule has 0 saturated carbocycles. The maximum atomic E-state index is 11.5. The van der Waals surface area contributed by atoms with Gasteiger partial charge in [-0.25, -0.2) is 4.98 Å². The van der Waals surface area contributed by atoms with Crippen LogP contribution in [0.1, 0.15) is 0 Å². The molecule has 4 aromatic rings. The monoisotopic (exact) mass is 492 g/mol. The Morgan fingerprint density at radius 1 is 1.03 bits per heavy atom. The maximum absolute atomic E-state index is 11.5. The van der Waals surface area contributed by atoms with Crippen molar-refractivity contribution < 1.29 is 9.53 Å². The molecule has 1 amide bonds. The average Bonchev–Trinajstić information content (AvgIpc) is 3.35. The molecule has 0 bridgehead atoms. The number of carbonyl (C=O) groups is 1. The average molecular weight is 493 g/mol. The number of nitrogens with one attached hydrogen (secondary N) is 3. The molecular weight excluding hydrogens is 468 g/mol. The molecule has 2 aromatic carbocycles. The third-order valence-electron chi connectivity index (χ3n) is 5.72. The van der Waals surface area contributed by atoms with E-state index in [-0.39, 0.29) is 11.8 Å². The quantitative estimate of drug-likeness (QED) is 0.334. The predicted molar refractivity (Wildman–Crippen MR) is 137 cm³/mol. The van der Waals surface area contributed by atoms with Gasteiger partial charge in [-0.3, -0.25) is 4.79 Å². The zero-order valence-corrected chi connectivity index (χ0v) is 19.9. The minimum Gasteiger partial charge on any atom is -0.437 e. The van der Waals surface area contributed by atoms with Crippen LogP contribution in [-0.2, 0) is 4.79 Å². The van der Waals surface area contributed by atoms with Crippen molar-refractivity contribution >= 4 is 51.7 Å². The summed E-state index contributed by atoms with van der Waals surface area (Å²) in [5.41, 5.74) is 3.75. The van der Waals surface area contributed by atoms with Crippen molar-refractivity contribution in [3.63, 3.8) is 0 Å². The van der Waals surface area contributed by atoms with Crippen LogP contribution in [0, 0.1) is 0 Å². The van der Waals surface area contributed by atoms with E-state index in [0.717, 1.165) is 31.9 Å². The number of benzene rings is 2. The molecule has 0 spiro atoms. The van der Waals surface area contributed by atoms with E-state index in [1.165, 1.54) is 5.69 Å². The Kier molecular flexibility index (Phi) is 6.64. The van der Waals surface area contributed by atoms with E-state index < -0.39 is 0 Å². The van der Waals surface area contributed by atoms with Gasteiger partial charge >= 0.3 is 0 Å². The van der Waals surface area contributed by atoms with Crippen molar-refractivity contribution in [2.45, 2.75) is 0 Å². The largest absolute Gasteiger partial charge is 0.437 e. The fourth-order valence-corrected chi connectivity index (χ4v) is 3.86. The summed E-state index contributed by atoms with van der Waals surface area (Å²) in [7, 11) is 2.15. The number of amides is 1. The molecular formula is C24H25ClN8O2. The van der Waals surface area contributed by atoms with Crippen molar-refractivity contribution in [1.82, 2.24) is 24.8 Å². The molecule has 3 heterocycles. The second-order valence-electron chi connectivity index (χ2n) is 8.22. The van der Waals surface area contributed by atoms with Gasteiger partial charge in [0.15, 0.2) is 5.65 Å². The van der Waals surface area contributed by atoms with Gasteiger partial charge in [0, 0.05) is 43.2 Å². The first-order valence-electron chi connectivity index (χ1n) is 11.2. The maximum Gasteiger partial charge on any atom is 0.250 e. The molecule has 0 atom stereocenters. The van der Waals surface area contributed by atoms with Gasteiger partial charge in [-0.1, -0.05) is 0 Å². The lowest BCUT2D eigenvalue weighted by Gasteiger charge is -2.34. The van der Waals surface area contributed by atoms with E-state index in [4.69, 9.17) is 16.3 Å². The minimum absolute atomic E-state index is 0.106. The fraction of sp³-hybridized carbons (Fsp3) is 0.250. The van der Waals surface area contributed by atoms with Gasteiger partial charge in [0.25, 0.3) is 5.88 Å². The number of ether oxygens (including phenoxy) is 1. The summed E-state index contributed by atoms with van der Waals surface area (Å²) in [6.45, 7) is 4.15. The number of imidazole rings is 1. The first-order valence-corrected chi connectivity index (χ1v) is 11.8. The summed E-state index contributed by atoms with van der Waals surface area (Å²) in [6.07, 6.45) is 1.55. The van der Waals surface area contributed by atoms with Gasteiger partial charge in [0.05, 0.1) is 6.33 Å². The predicted octanol–water partition coefficient (Wildman–Crippen LogP) is 3.82. The Balaban J connectivity index is 1.31. The minimum atomic E-state index is -0.275. The number of rotatable bonds is 7. The first kappa shape index (κ1) is 22.9. The Hall–Kier alpha value is -3.89. The Bertz CT molecular complexity index is 1300. The summed E-state index contributed by atoms with van der Waals surface area (Å²) in [5.74, 6) is 0.874. The van der Waals surface area contributed by atoms with Crippen LogP contribution in [0.3, 0.4) is 0 Å². The molecule has 2 aromatic heterocycles. The molecule has 5 rings (SSSR count). The molecule has 1 aliphatic heterocycles. The number of halogens is 1. The number of anilines is 4. The van der Waals surface area contributed by atoms with Crippen LogP contribution >= 0.6 is 11.6 Å². The number of nitrogens with zero attached hydrogens (tertiary/aromatic N) is 5. The van der Waals surface area contributed by atoms with E-state index in [0.29, 0.717) is 34.4 Å². The van der Waals surface area contributed by atoms with Gasteiger partial charge in [-0.15, -0.1) is 11.6 Å². The molecule has 11 heteroatoms. The van der Waals surface area contributed by atoms with Crippen LogP contribution in [0.5, 0.6) is 11.6 Å². The van der Waals surface area contributed by atoms with E-state index in [1.807, 2.05) is 12.1 Å². The number of aromatic nitrogens is 4. The van der Waals surface area contributed by atoms with Gasteiger partial charge in [-0.2, -0.15) is 9.97 Å². The lowest BCUT2D eigenvalue weighted by atomic mass is 10.2. The molecule has 0 aliphatic carbocycles. The van der Waals surface area contributed by atoms with Gasteiger partial charge in [0.2, 0.25) is 11.9 Å². The number of alkyl halides is 1. The standard InChI is InChI=1S/C24H25ClN8O2/c1-32-10-12-33(13-11-32)18-6-2-17(3-7-18)29-24-30-22-21(26-15-27-22)23(31-24)35-19-8-4-16(5-9-19)28-20(34)14-25/h2-9,15H,10-14H2,1H3,(H,28,34)(H2,26,27,29,30,31). The number of hydrogen-bond acceptors (Lipinski definition) is 8. The summed E-state index contributed by atoms with van der Waals surface area (Å²) in [5, 5.41) is 5.93. The SMILES string of the molecule is CN1CCN(c2ccc(Nc3nc(Oc4ccc(NC(=O)CCl)cc4)c4[nH]cnc4n3)cc2)CC1. The Morgan fingerprint density at radius 3 is 2.46 bits per heavy atom. The molecule has 1 saturated heterocycles. The fourth-order valence-electron chi connectivity index (χ4n) is 3.80. The van der Waals surface area contributed by atoms with Crippen molar-refractivity contribution in [2.24, 2.45) is 0 Å². The lowest BCUT2D eigenvalue weighted by Crippen LogP contribution is -2.44. The molecule has 35 heavy (non-hydrogen) atoms. The molecule has 1 aliphatic rings. The Morgan fingerprint density at radius 2 is 1.74 bits per heavy atom. The van der Waals surface area contributed by atoms with E-state index in [9.17, 15) is 4.79 Å². The molecule has 10 nitrogen and oxygen atoms in total. The van der Waals surface area contributed by atoms with E-state index in [1.54, 1.807) is 30.6 Å². The van der Waals surface area contributed by atoms with Crippen LogP contribution in [-0.4, -0.2) is 69.8 Å². The number of carbonyl (C=O) groups excluding carboxylic acids is 1. The highest BCUT2D eigenvalue weighted by Crippen LogP contribution is 2.29. The zero-order valence-electron chi connectivity index (χ0n) is 19.2. The second kappa shape index (κ2) is 10.2. The van der Waals surface area contributed by atoms with Crippen LogP contribution < -0.4 is 20.3 Å². The summed E-state index contributed by atoms with van der Waals surface area (Å²) in [6, 6.07) is 15.2. The Labute approximate surface area is 207 Å². The van der Waals surface area contributed by atoms with E-state index >= 15 is 0 Å². The second-order valence-corrected chi connectivity index (χ2v) is 8.49. The number of hydrogen-bond donors (Lipinski definition) is 3. The van der Waals surface area contributed by atoms with Crippen molar-refractivity contribution in [3.05, 3.63) is 54.9 Å². The van der Waals surface area contributed by atoms with Gasteiger partial charge in [-0.05, 0) is 55.6 Å². The smallest absolute Gasteiger partial charge is 0.250 e. The van der Waals surface area contributed by atoms with Crippen LogP contribution in [0.4, 0.5) is 23.0 Å². The number of H-pyrrole nitrogens is 1. The van der Waals surface area contributed by atoms with Crippen LogP contribution in [0.15, 0.2) is 54.9 Å². The number of likely N-dealkylation sites (N-methyl/N-ethyl adjacent to an activating group) is 1.